The zero-order chi connectivity index (χ0) is 19.1. The molecular weight excluding hydrogens is 404 g/mol. The van der Waals surface area contributed by atoms with Crippen molar-refractivity contribution in [2.75, 3.05) is 5.32 Å². The second kappa shape index (κ2) is 9.24. The lowest BCUT2D eigenvalue weighted by atomic mass is 10.0. The Morgan fingerprint density at radius 2 is 1.70 bits per heavy atom. The van der Waals surface area contributed by atoms with Gasteiger partial charge in [-0.05, 0) is 63.8 Å². The van der Waals surface area contributed by atoms with E-state index in [4.69, 9.17) is 0 Å². The fraction of sp³-hybridized carbons (Fsp3) is 0.136. The molecule has 0 aliphatic rings. The molecule has 0 aliphatic heterocycles. The van der Waals surface area contributed by atoms with E-state index in [0.29, 0.717) is 30.5 Å². The first-order chi connectivity index (χ1) is 13.1. The average Bonchev–Trinajstić information content (AvgIpc) is 2.69. The predicted octanol–water partition coefficient (Wildman–Crippen LogP) is 4.84. The number of nitrogens with one attached hydrogen (secondary N) is 1. The number of benzene rings is 2. The fourth-order valence-corrected chi connectivity index (χ4v) is 3.16. The minimum absolute atomic E-state index is 0.178. The first kappa shape index (κ1) is 19.0. The number of aryl methyl sites for hydroxylation is 1. The highest BCUT2D eigenvalue weighted by molar-refractivity contribution is 9.10. The van der Waals surface area contributed by atoms with Crippen molar-refractivity contribution in [2.45, 2.75) is 19.3 Å². The van der Waals surface area contributed by atoms with Gasteiger partial charge in [0, 0.05) is 35.4 Å². The molecule has 0 radical (unpaired) electrons. The maximum atomic E-state index is 12.3. The van der Waals surface area contributed by atoms with E-state index in [1.807, 2.05) is 54.6 Å². The Balaban J connectivity index is 1.53. The molecule has 0 saturated heterocycles. The normalized spacial score (nSPS) is 10.4. The number of carbonyl (C=O) groups excluding carboxylic acids is 2. The van der Waals surface area contributed by atoms with E-state index in [-0.39, 0.29) is 11.7 Å². The summed E-state index contributed by atoms with van der Waals surface area (Å²) in [5.41, 5.74) is 3.27. The highest BCUT2D eigenvalue weighted by Gasteiger charge is 2.10. The molecule has 0 fully saturated rings. The fourth-order valence-electron chi connectivity index (χ4n) is 2.70. The molecule has 4 nitrogen and oxygen atoms in total. The van der Waals surface area contributed by atoms with Gasteiger partial charge in [-0.1, -0.05) is 30.3 Å². The third-order valence-corrected chi connectivity index (χ3v) is 4.84. The molecule has 2 aromatic carbocycles. The van der Waals surface area contributed by atoms with Crippen LogP contribution in [0.4, 0.5) is 5.69 Å². The van der Waals surface area contributed by atoms with Gasteiger partial charge in [-0.15, -0.1) is 0 Å². The van der Waals surface area contributed by atoms with E-state index in [2.05, 4.69) is 26.2 Å². The van der Waals surface area contributed by atoms with E-state index >= 15 is 0 Å². The Morgan fingerprint density at radius 3 is 2.41 bits per heavy atom. The van der Waals surface area contributed by atoms with Gasteiger partial charge in [0.15, 0.2) is 0 Å². The third-order valence-electron chi connectivity index (χ3n) is 4.15. The summed E-state index contributed by atoms with van der Waals surface area (Å²) in [7, 11) is 0. The van der Waals surface area contributed by atoms with Crippen LogP contribution in [-0.4, -0.2) is 16.7 Å². The number of rotatable bonds is 7. The summed E-state index contributed by atoms with van der Waals surface area (Å²) in [6.07, 6.45) is 5.09. The smallest absolute Gasteiger partial charge is 0.256 e. The molecule has 1 aromatic heterocycles. The van der Waals surface area contributed by atoms with Crippen molar-refractivity contribution in [1.82, 2.24) is 4.98 Å². The molecule has 0 spiro atoms. The van der Waals surface area contributed by atoms with Crippen molar-refractivity contribution >= 4 is 33.3 Å². The largest absolute Gasteiger partial charge is 0.322 e. The van der Waals surface area contributed by atoms with Crippen LogP contribution in [0.25, 0.3) is 0 Å². The maximum absolute atomic E-state index is 12.3. The topological polar surface area (TPSA) is 59.1 Å². The lowest BCUT2D eigenvalue weighted by Gasteiger charge is -2.08. The SMILES string of the molecule is O=C(CCc1cccnc1)Cc1ccc(NC(=O)c2ccccc2Br)cc1. The van der Waals surface area contributed by atoms with Crippen LogP contribution < -0.4 is 5.32 Å². The maximum Gasteiger partial charge on any atom is 0.256 e. The van der Waals surface area contributed by atoms with Crippen LogP contribution in [0.3, 0.4) is 0 Å². The molecule has 27 heavy (non-hydrogen) atoms. The standard InChI is InChI=1S/C22H19BrN2O2/c23-21-6-2-1-5-20(21)22(27)25-18-10-7-16(8-11-18)14-19(26)12-9-17-4-3-13-24-15-17/h1-8,10-11,13,15H,9,12,14H2,(H,25,27). The van der Waals surface area contributed by atoms with Gasteiger partial charge in [0.25, 0.3) is 5.91 Å². The second-order valence-corrected chi connectivity index (χ2v) is 7.06. The lowest BCUT2D eigenvalue weighted by Crippen LogP contribution is -2.12. The van der Waals surface area contributed by atoms with Crippen molar-refractivity contribution in [1.29, 1.82) is 0 Å². The number of hydrogen-bond donors (Lipinski definition) is 1. The quantitative estimate of drug-likeness (QED) is 0.592. The van der Waals surface area contributed by atoms with Gasteiger partial charge in [-0.25, -0.2) is 0 Å². The minimum Gasteiger partial charge on any atom is -0.322 e. The summed E-state index contributed by atoms with van der Waals surface area (Å²) in [6.45, 7) is 0. The Bertz CT molecular complexity index is 925. The third kappa shape index (κ3) is 5.59. The second-order valence-electron chi connectivity index (χ2n) is 6.21. The number of halogens is 1. The number of aromatic nitrogens is 1. The number of hydrogen-bond acceptors (Lipinski definition) is 3. The summed E-state index contributed by atoms with van der Waals surface area (Å²) in [4.78, 5) is 28.6. The van der Waals surface area contributed by atoms with Crippen LogP contribution in [0.1, 0.15) is 27.9 Å². The van der Waals surface area contributed by atoms with E-state index in [1.54, 1.807) is 18.5 Å². The molecule has 0 atom stereocenters. The Labute approximate surface area is 166 Å². The zero-order valence-corrected chi connectivity index (χ0v) is 16.3. The molecule has 136 valence electrons. The van der Waals surface area contributed by atoms with Crippen molar-refractivity contribution in [3.8, 4) is 0 Å². The molecule has 0 saturated carbocycles. The molecule has 0 unspecified atom stereocenters. The van der Waals surface area contributed by atoms with Crippen LogP contribution in [0.15, 0.2) is 77.5 Å². The summed E-state index contributed by atoms with van der Waals surface area (Å²) < 4.78 is 0.748. The number of anilines is 1. The van der Waals surface area contributed by atoms with Crippen molar-refractivity contribution in [3.63, 3.8) is 0 Å². The van der Waals surface area contributed by atoms with Crippen molar-refractivity contribution < 1.29 is 9.59 Å². The van der Waals surface area contributed by atoms with Crippen molar-refractivity contribution in [3.05, 3.63) is 94.2 Å². The predicted molar refractivity (Wildman–Crippen MR) is 110 cm³/mol. The zero-order valence-electron chi connectivity index (χ0n) is 14.7. The van der Waals surface area contributed by atoms with Gasteiger partial charge in [-0.2, -0.15) is 0 Å². The number of carbonyl (C=O) groups is 2. The minimum atomic E-state index is -0.178. The average molecular weight is 423 g/mol. The van der Waals surface area contributed by atoms with Gasteiger partial charge in [0.2, 0.25) is 0 Å². The summed E-state index contributed by atoms with van der Waals surface area (Å²) in [6, 6.07) is 18.5. The first-order valence-corrected chi connectivity index (χ1v) is 9.46. The van der Waals surface area contributed by atoms with Crippen LogP contribution in [0.2, 0.25) is 0 Å². The van der Waals surface area contributed by atoms with Crippen LogP contribution in [0, 0.1) is 0 Å². The Hall–Kier alpha value is -2.79. The molecule has 5 heteroatoms. The number of pyridine rings is 1. The number of amides is 1. The van der Waals surface area contributed by atoms with E-state index in [9.17, 15) is 9.59 Å². The first-order valence-electron chi connectivity index (χ1n) is 8.67. The van der Waals surface area contributed by atoms with E-state index in [0.717, 1.165) is 15.6 Å². The van der Waals surface area contributed by atoms with Gasteiger partial charge in [0.05, 0.1) is 5.56 Å². The van der Waals surface area contributed by atoms with Crippen LogP contribution >= 0.6 is 15.9 Å². The molecule has 3 rings (SSSR count). The highest BCUT2D eigenvalue weighted by Crippen LogP contribution is 2.18. The van der Waals surface area contributed by atoms with E-state index in [1.165, 1.54) is 0 Å². The monoisotopic (exact) mass is 422 g/mol. The van der Waals surface area contributed by atoms with Crippen LogP contribution in [0.5, 0.6) is 0 Å². The molecule has 3 aromatic rings. The van der Waals surface area contributed by atoms with Crippen LogP contribution in [-0.2, 0) is 17.6 Å². The van der Waals surface area contributed by atoms with Crippen molar-refractivity contribution in [2.24, 2.45) is 0 Å². The summed E-state index contributed by atoms with van der Waals surface area (Å²) >= 11 is 3.38. The number of ketones is 1. The molecular formula is C22H19BrN2O2. The Morgan fingerprint density at radius 1 is 0.926 bits per heavy atom. The molecule has 1 amide bonds. The van der Waals surface area contributed by atoms with E-state index < -0.39 is 0 Å². The highest BCUT2D eigenvalue weighted by atomic mass is 79.9. The molecule has 1 N–H and O–H groups in total. The summed E-state index contributed by atoms with van der Waals surface area (Å²) in [5, 5.41) is 2.87. The van der Waals surface area contributed by atoms with Gasteiger partial charge in [-0.3, -0.25) is 14.6 Å². The molecule has 0 bridgehead atoms. The lowest BCUT2D eigenvalue weighted by molar-refractivity contribution is -0.118. The van der Waals surface area contributed by atoms with Gasteiger partial charge in [0.1, 0.15) is 5.78 Å². The number of Topliss-reactive ketones (excluding diaryl/α,β-unsaturated/α-hetero) is 1. The van der Waals surface area contributed by atoms with Gasteiger partial charge < -0.3 is 5.32 Å². The van der Waals surface area contributed by atoms with Gasteiger partial charge >= 0.3 is 0 Å². The summed E-state index contributed by atoms with van der Waals surface area (Å²) in [5.74, 6) is 0.00614. The molecule has 1 heterocycles. The molecule has 0 aliphatic carbocycles. The Kier molecular flexibility index (Phi) is 6.49. The number of nitrogens with zero attached hydrogens (tertiary/aromatic N) is 1.